The molecule has 4 aliphatic carbocycles. The van der Waals surface area contributed by atoms with Crippen LogP contribution in [0, 0.1) is 23.7 Å². The third-order valence-electron chi connectivity index (χ3n) is 11.8. The van der Waals surface area contributed by atoms with Gasteiger partial charge in [0.1, 0.15) is 12.2 Å². The maximum atomic E-state index is 13.0. The molecule has 0 saturated heterocycles. The Morgan fingerprint density at radius 2 is 0.783 bits per heavy atom. The molecule has 6 nitrogen and oxygen atoms in total. The molecule has 4 aliphatic rings. The zero-order valence-electron chi connectivity index (χ0n) is 29.9. The summed E-state index contributed by atoms with van der Waals surface area (Å²) in [6.45, 7) is 6.25. The predicted molar refractivity (Wildman–Crippen MR) is 185 cm³/mol. The Kier molecular flexibility index (Phi) is 17.8. The van der Waals surface area contributed by atoms with Gasteiger partial charge in [-0.25, -0.2) is 0 Å². The zero-order chi connectivity index (χ0) is 32.4. The summed E-state index contributed by atoms with van der Waals surface area (Å²) in [4.78, 5) is 26.1. The molecule has 4 fully saturated rings. The zero-order valence-corrected chi connectivity index (χ0v) is 29.9. The van der Waals surface area contributed by atoms with E-state index < -0.39 is 0 Å². The van der Waals surface area contributed by atoms with E-state index in [9.17, 15) is 9.59 Å². The molecule has 0 N–H and O–H groups in total. The second-order valence-corrected chi connectivity index (χ2v) is 15.5. The molecule has 0 aromatic carbocycles. The number of unbranched alkanes of at least 4 members (excludes halogenated alkanes) is 10. The molecule has 0 aromatic rings. The monoisotopic (exact) mass is 647 g/mol. The Balaban J connectivity index is 1.03. The van der Waals surface area contributed by atoms with Crippen molar-refractivity contribution in [3.63, 3.8) is 0 Å². The Morgan fingerprint density at radius 3 is 1.17 bits per heavy atom. The van der Waals surface area contributed by atoms with Crippen LogP contribution in [-0.4, -0.2) is 49.6 Å². The highest BCUT2D eigenvalue weighted by molar-refractivity contribution is 5.73. The van der Waals surface area contributed by atoms with Crippen LogP contribution in [0.1, 0.15) is 181 Å². The second kappa shape index (κ2) is 21.8. The number of ether oxygens (including phenoxy) is 4. The number of fused-ring (bicyclic) bond motifs is 1. The van der Waals surface area contributed by atoms with E-state index in [-0.39, 0.29) is 36.0 Å². The van der Waals surface area contributed by atoms with Gasteiger partial charge in [0.15, 0.2) is 0 Å². The molecule has 0 bridgehead atoms. The van der Waals surface area contributed by atoms with Gasteiger partial charge in [-0.15, -0.1) is 0 Å². The van der Waals surface area contributed by atoms with Crippen LogP contribution in [0.25, 0.3) is 0 Å². The molecule has 46 heavy (non-hydrogen) atoms. The summed E-state index contributed by atoms with van der Waals surface area (Å²) in [6.07, 6.45) is 29.8. The lowest BCUT2D eigenvalue weighted by Crippen LogP contribution is -2.39. The molecule has 4 rings (SSSR count). The number of hydrogen-bond donors (Lipinski definition) is 0. The fourth-order valence-electron chi connectivity index (χ4n) is 8.73. The first-order valence-corrected chi connectivity index (χ1v) is 20.2. The van der Waals surface area contributed by atoms with Crippen LogP contribution in [0.15, 0.2) is 0 Å². The number of esters is 2. The van der Waals surface area contributed by atoms with Gasteiger partial charge >= 0.3 is 11.9 Å². The average Bonchev–Trinajstić information content (AvgIpc) is 3.08. The molecule has 0 spiro atoms. The molecule has 4 atom stereocenters. The van der Waals surface area contributed by atoms with Crippen LogP contribution in [0.4, 0.5) is 0 Å². The Hall–Kier alpha value is -1.14. The lowest BCUT2D eigenvalue weighted by molar-refractivity contribution is -0.164. The average molecular weight is 647 g/mol. The van der Waals surface area contributed by atoms with Gasteiger partial charge in [-0.05, 0) is 115 Å². The summed E-state index contributed by atoms with van der Waals surface area (Å²) in [7, 11) is 0. The molecule has 4 unspecified atom stereocenters. The van der Waals surface area contributed by atoms with Crippen molar-refractivity contribution in [3.8, 4) is 0 Å². The predicted octanol–water partition coefficient (Wildman–Crippen LogP) is 10.3. The maximum absolute atomic E-state index is 13.0. The van der Waals surface area contributed by atoms with Crippen molar-refractivity contribution in [1.29, 1.82) is 0 Å². The first kappa shape index (κ1) is 37.7. The highest BCUT2D eigenvalue weighted by Crippen LogP contribution is 2.43. The smallest absolute Gasteiger partial charge is 0.309 e. The minimum absolute atomic E-state index is 0.0305. The first-order valence-electron chi connectivity index (χ1n) is 20.2. The molecular weight excluding hydrogens is 576 g/mol. The molecule has 6 heteroatoms. The van der Waals surface area contributed by atoms with E-state index in [4.69, 9.17) is 18.9 Å². The van der Waals surface area contributed by atoms with Crippen LogP contribution in [0.3, 0.4) is 0 Å². The maximum Gasteiger partial charge on any atom is 0.309 e. The fourth-order valence-corrected chi connectivity index (χ4v) is 8.73. The second-order valence-electron chi connectivity index (χ2n) is 15.5. The van der Waals surface area contributed by atoms with Crippen molar-refractivity contribution < 1.29 is 28.5 Å². The van der Waals surface area contributed by atoms with Crippen molar-refractivity contribution >= 4 is 11.9 Å². The van der Waals surface area contributed by atoms with Gasteiger partial charge < -0.3 is 18.9 Å². The van der Waals surface area contributed by atoms with E-state index >= 15 is 0 Å². The van der Waals surface area contributed by atoms with Crippen LogP contribution in [-0.2, 0) is 28.5 Å². The van der Waals surface area contributed by atoms with Gasteiger partial charge in [0.2, 0.25) is 0 Å². The molecule has 4 saturated carbocycles. The van der Waals surface area contributed by atoms with Gasteiger partial charge in [-0.1, -0.05) is 78.1 Å². The van der Waals surface area contributed by atoms with E-state index in [1.54, 1.807) is 0 Å². The van der Waals surface area contributed by atoms with Crippen molar-refractivity contribution in [3.05, 3.63) is 0 Å². The number of carbonyl (C=O) groups is 2. The van der Waals surface area contributed by atoms with Gasteiger partial charge in [0.25, 0.3) is 0 Å². The molecule has 0 amide bonds. The number of hydrogen-bond acceptors (Lipinski definition) is 6. The SMILES string of the molecule is CCCCCCCCOC1CCC(C(=O)OC2CCC3CC(OC(=O)C4CCC(OCCCCCCCC)CC4)CCC3C2)CC1. The van der Waals surface area contributed by atoms with E-state index in [1.165, 1.54) is 64.2 Å². The van der Waals surface area contributed by atoms with Gasteiger partial charge in [0.05, 0.1) is 24.0 Å². The Morgan fingerprint density at radius 1 is 0.435 bits per heavy atom. The largest absolute Gasteiger partial charge is 0.462 e. The molecule has 0 heterocycles. The summed E-state index contributed by atoms with van der Waals surface area (Å²) in [5.74, 6) is 1.33. The molecular formula is C40H70O6. The standard InChI is InChI=1S/C40H70O6/c1-3-5-7-9-11-13-27-43-35-21-15-31(16-22-35)39(41)45-37-25-19-34-30-38(26-20-33(34)29-37)46-40(42)32-17-23-36(24-18-32)44-28-14-12-10-8-6-4-2/h31-38H,3-30H2,1-2H3. The summed E-state index contributed by atoms with van der Waals surface area (Å²) >= 11 is 0. The molecule has 0 radical (unpaired) electrons. The van der Waals surface area contributed by atoms with Crippen LogP contribution < -0.4 is 0 Å². The lowest BCUT2D eigenvalue weighted by atomic mass is 9.69. The molecule has 0 aromatic heterocycles. The quantitative estimate of drug-likeness (QED) is 0.0968. The minimum Gasteiger partial charge on any atom is -0.462 e. The lowest BCUT2D eigenvalue weighted by Gasteiger charge is -2.42. The third-order valence-corrected chi connectivity index (χ3v) is 11.8. The van der Waals surface area contributed by atoms with Crippen LogP contribution in [0.2, 0.25) is 0 Å². The van der Waals surface area contributed by atoms with E-state index in [0.717, 1.165) is 116 Å². The summed E-state index contributed by atoms with van der Waals surface area (Å²) in [5, 5.41) is 0. The number of carbonyl (C=O) groups excluding carboxylic acids is 2. The van der Waals surface area contributed by atoms with Crippen LogP contribution in [0.5, 0.6) is 0 Å². The fraction of sp³-hybridized carbons (Fsp3) is 0.950. The van der Waals surface area contributed by atoms with Gasteiger partial charge in [0, 0.05) is 13.2 Å². The van der Waals surface area contributed by atoms with Crippen molar-refractivity contribution in [1.82, 2.24) is 0 Å². The van der Waals surface area contributed by atoms with E-state index in [2.05, 4.69) is 13.8 Å². The normalized spacial score (nSPS) is 31.6. The summed E-state index contributed by atoms with van der Waals surface area (Å²) in [6, 6.07) is 0. The summed E-state index contributed by atoms with van der Waals surface area (Å²) < 4.78 is 24.5. The van der Waals surface area contributed by atoms with Gasteiger partial charge in [-0.2, -0.15) is 0 Å². The van der Waals surface area contributed by atoms with Crippen molar-refractivity contribution in [2.45, 2.75) is 205 Å². The molecule has 266 valence electrons. The highest BCUT2D eigenvalue weighted by atomic mass is 16.5. The highest BCUT2D eigenvalue weighted by Gasteiger charge is 2.40. The Bertz CT molecular complexity index is 762. The summed E-state index contributed by atoms with van der Waals surface area (Å²) in [5.41, 5.74) is 0. The minimum atomic E-state index is 0.0305. The van der Waals surface area contributed by atoms with Crippen molar-refractivity contribution in [2.24, 2.45) is 23.7 Å². The Labute approximate surface area is 282 Å². The van der Waals surface area contributed by atoms with Gasteiger partial charge in [-0.3, -0.25) is 9.59 Å². The third kappa shape index (κ3) is 13.4. The molecule has 0 aliphatic heterocycles. The number of rotatable bonds is 20. The van der Waals surface area contributed by atoms with E-state index in [1.807, 2.05) is 0 Å². The van der Waals surface area contributed by atoms with E-state index in [0.29, 0.717) is 24.0 Å². The first-order chi connectivity index (χ1) is 22.6. The topological polar surface area (TPSA) is 71.1 Å². The van der Waals surface area contributed by atoms with Crippen LogP contribution >= 0.6 is 0 Å². The van der Waals surface area contributed by atoms with Crippen molar-refractivity contribution in [2.75, 3.05) is 13.2 Å².